The summed E-state index contributed by atoms with van der Waals surface area (Å²) in [7, 11) is 0. The lowest BCUT2D eigenvalue weighted by Gasteiger charge is -2.40. The highest BCUT2D eigenvalue weighted by Gasteiger charge is 2.32. The van der Waals surface area contributed by atoms with E-state index >= 15 is 0 Å². The zero-order chi connectivity index (χ0) is 11.7. The molecule has 0 atom stereocenters. The van der Waals surface area contributed by atoms with Crippen LogP contribution in [0, 0.1) is 5.41 Å². The molecule has 1 fully saturated rings. The molecule has 1 saturated heterocycles. The number of Topliss-reactive ketones (excluding diaryl/α,β-unsaturated/α-hetero) is 1. The number of hydrogen-bond acceptors (Lipinski definition) is 3. The van der Waals surface area contributed by atoms with Gasteiger partial charge in [0.15, 0.2) is 0 Å². The summed E-state index contributed by atoms with van der Waals surface area (Å²) in [5, 5.41) is 0. The van der Waals surface area contributed by atoms with Crippen LogP contribution >= 0.6 is 11.8 Å². The van der Waals surface area contributed by atoms with Gasteiger partial charge in [-0.15, -0.1) is 0 Å². The average Bonchev–Trinajstić information content (AvgIpc) is 2.00. The Morgan fingerprint density at radius 3 is 2.53 bits per heavy atom. The van der Waals surface area contributed by atoms with Crippen LogP contribution in [-0.2, 0) is 4.79 Å². The first-order valence-electron chi connectivity index (χ1n) is 5.60. The predicted octanol–water partition coefficient (Wildman–Crippen LogP) is 2.43. The molecule has 1 aliphatic rings. The van der Waals surface area contributed by atoms with Gasteiger partial charge in [-0.3, -0.25) is 4.79 Å². The van der Waals surface area contributed by atoms with Crippen LogP contribution in [0.15, 0.2) is 0 Å². The van der Waals surface area contributed by atoms with E-state index in [1.165, 1.54) is 5.75 Å². The Kier molecular flexibility index (Phi) is 3.88. The minimum atomic E-state index is -0.196. The van der Waals surface area contributed by atoms with E-state index in [9.17, 15) is 4.79 Å². The Morgan fingerprint density at radius 2 is 2.07 bits per heavy atom. The van der Waals surface area contributed by atoms with E-state index in [2.05, 4.69) is 18.7 Å². The van der Waals surface area contributed by atoms with Gasteiger partial charge in [0.05, 0.1) is 0 Å². The second kappa shape index (κ2) is 4.46. The van der Waals surface area contributed by atoms with Crippen molar-refractivity contribution in [3.63, 3.8) is 0 Å². The molecule has 3 heteroatoms. The maximum Gasteiger partial charge on any atom is 0.136 e. The van der Waals surface area contributed by atoms with Gasteiger partial charge in [0.1, 0.15) is 5.78 Å². The lowest BCUT2D eigenvalue weighted by atomic mass is 9.88. The van der Waals surface area contributed by atoms with Crippen LogP contribution in [-0.4, -0.2) is 40.8 Å². The van der Waals surface area contributed by atoms with E-state index < -0.39 is 0 Å². The summed E-state index contributed by atoms with van der Waals surface area (Å²) in [6.07, 6.45) is 0. The van der Waals surface area contributed by atoms with Crippen molar-refractivity contribution in [3.05, 3.63) is 0 Å². The zero-order valence-corrected chi connectivity index (χ0v) is 11.4. The molecule has 0 bridgehead atoms. The zero-order valence-electron chi connectivity index (χ0n) is 10.6. The van der Waals surface area contributed by atoms with Crippen molar-refractivity contribution < 1.29 is 4.79 Å². The van der Waals surface area contributed by atoms with E-state index in [0.717, 1.165) is 19.6 Å². The number of thioether (sulfide) groups is 1. The van der Waals surface area contributed by atoms with Crippen LogP contribution in [0.5, 0.6) is 0 Å². The Hall–Kier alpha value is -0.0200. The Balaban J connectivity index is 2.55. The van der Waals surface area contributed by atoms with Crippen LogP contribution in [0.3, 0.4) is 0 Å². The van der Waals surface area contributed by atoms with Crippen LogP contribution in [0.25, 0.3) is 0 Å². The number of nitrogens with zero attached hydrogens (tertiary/aromatic N) is 1. The number of carbonyl (C=O) groups is 1. The Morgan fingerprint density at radius 1 is 1.47 bits per heavy atom. The lowest BCUT2D eigenvalue weighted by Crippen LogP contribution is -2.48. The summed E-state index contributed by atoms with van der Waals surface area (Å²) >= 11 is 2.03. The van der Waals surface area contributed by atoms with Gasteiger partial charge in [0.25, 0.3) is 0 Å². The molecule has 0 N–H and O–H groups in total. The molecule has 1 aliphatic heterocycles. The molecule has 1 rings (SSSR count). The van der Waals surface area contributed by atoms with Gasteiger partial charge in [-0.2, -0.15) is 11.8 Å². The summed E-state index contributed by atoms with van der Waals surface area (Å²) in [5.41, 5.74) is -0.196. The van der Waals surface area contributed by atoms with Crippen molar-refractivity contribution in [2.45, 2.75) is 39.4 Å². The van der Waals surface area contributed by atoms with Gasteiger partial charge in [-0.1, -0.05) is 13.8 Å². The smallest absolute Gasteiger partial charge is 0.136 e. The summed E-state index contributed by atoms with van der Waals surface area (Å²) < 4.78 is 0.338. The van der Waals surface area contributed by atoms with Gasteiger partial charge in [-0.25, -0.2) is 0 Å². The quantitative estimate of drug-likeness (QED) is 0.741. The average molecular weight is 229 g/mol. The van der Waals surface area contributed by atoms with E-state index in [4.69, 9.17) is 0 Å². The van der Waals surface area contributed by atoms with Crippen LogP contribution < -0.4 is 0 Å². The minimum Gasteiger partial charge on any atom is -0.300 e. The van der Waals surface area contributed by atoms with Crippen molar-refractivity contribution in [2.24, 2.45) is 5.41 Å². The van der Waals surface area contributed by atoms with Gasteiger partial charge >= 0.3 is 0 Å². The van der Waals surface area contributed by atoms with E-state index in [1.54, 1.807) is 6.92 Å². The number of ketones is 1. The van der Waals surface area contributed by atoms with Crippen LogP contribution in [0.4, 0.5) is 0 Å². The number of carbonyl (C=O) groups excluding carboxylic acids is 1. The summed E-state index contributed by atoms with van der Waals surface area (Å²) in [4.78, 5) is 13.9. The fraction of sp³-hybridized carbons (Fsp3) is 0.917. The molecule has 15 heavy (non-hydrogen) atoms. The lowest BCUT2D eigenvalue weighted by molar-refractivity contribution is -0.125. The normalized spacial score (nSPS) is 22.7. The molecule has 0 aromatic carbocycles. The van der Waals surface area contributed by atoms with Crippen molar-refractivity contribution in [2.75, 3.05) is 25.4 Å². The third-order valence-electron chi connectivity index (χ3n) is 3.08. The molecule has 0 aromatic heterocycles. The van der Waals surface area contributed by atoms with Gasteiger partial charge in [0, 0.05) is 35.5 Å². The van der Waals surface area contributed by atoms with Gasteiger partial charge < -0.3 is 4.90 Å². The number of rotatable bonds is 3. The number of hydrogen-bond donors (Lipinski definition) is 0. The fourth-order valence-electron chi connectivity index (χ4n) is 1.92. The summed E-state index contributed by atoms with van der Waals surface area (Å²) in [6, 6.07) is 0. The molecular weight excluding hydrogens is 206 g/mol. The van der Waals surface area contributed by atoms with Crippen molar-refractivity contribution in [1.29, 1.82) is 0 Å². The van der Waals surface area contributed by atoms with E-state index in [1.807, 2.05) is 25.6 Å². The monoisotopic (exact) mass is 229 g/mol. The molecule has 0 amide bonds. The van der Waals surface area contributed by atoms with Gasteiger partial charge in [0.2, 0.25) is 0 Å². The molecule has 0 unspecified atom stereocenters. The van der Waals surface area contributed by atoms with Crippen LogP contribution in [0.1, 0.15) is 34.6 Å². The Bertz CT molecular complexity index is 248. The molecule has 0 aliphatic carbocycles. The molecule has 0 saturated carbocycles. The molecule has 0 radical (unpaired) electrons. The SMILES string of the molecule is CC(=O)C(C)(C)CN1CCSC(C)(C)C1. The highest BCUT2D eigenvalue weighted by Crippen LogP contribution is 2.31. The largest absolute Gasteiger partial charge is 0.300 e. The maximum absolute atomic E-state index is 11.5. The third-order valence-corrected chi connectivity index (χ3v) is 4.37. The highest BCUT2D eigenvalue weighted by atomic mass is 32.2. The fourth-order valence-corrected chi connectivity index (χ4v) is 3.10. The second-order valence-electron chi connectivity index (χ2n) is 5.76. The molecule has 2 nitrogen and oxygen atoms in total. The molecule has 0 spiro atoms. The molecule has 1 heterocycles. The molecule has 0 aromatic rings. The second-order valence-corrected chi connectivity index (χ2v) is 7.56. The van der Waals surface area contributed by atoms with Crippen molar-refractivity contribution in [3.8, 4) is 0 Å². The van der Waals surface area contributed by atoms with E-state index in [-0.39, 0.29) is 5.41 Å². The summed E-state index contributed by atoms with van der Waals surface area (Å²) in [5.74, 6) is 1.47. The van der Waals surface area contributed by atoms with Crippen LogP contribution in [0.2, 0.25) is 0 Å². The first-order chi connectivity index (χ1) is 6.73. The Labute approximate surface area is 97.8 Å². The van der Waals surface area contributed by atoms with E-state index in [0.29, 0.717) is 10.5 Å². The standard InChI is InChI=1S/C12H23NOS/c1-10(14)11(2,3)8-13-6-7-15-12(4,5)9-13/h6-9H2,1-5H3. The highest BCUT2D eigenvalue weighted by molar-refractivity contribution is 8.00. The predicted molar refractivity (Wildman–Crippen MR) is 67.4 cm³/mol. The molecule has 88 valence electrons. The first-order valence-corrected chi connectivity index (χ1v) is 6.59. The third kappa shape index (κ3) is 3.80. The topological polar surface area (TPSA) is 20.3 Å². The first kappa shape index (κ1) is 13.0. The van der Waals surface area contributed by atoms with Crippen molar-refractivity contribution >= 4 is 17.5 Å². The summed E-state index contributed by atoms with van der Waals surface area (Å²) in [6.45, 7) is 13.5. The van der Waals surface area contributed by atoms with Crippen molar-refractivity contribution in [1.82, 2.24) is 4.90 Å². The minimum absolute atomic E-state index is 0.196. The van der Waals surface area contributed by atoms with Gasteiger partial charge in [-0.05, 0) is 20.8 Å². The maximum atomic E-state index is 11.5. The molecular formula is C12H23NOS.